The average molecular weight is 404 g/mol. The summed E-state index contributed by atoms with van der Waals surface area (Å²) < 4.78 is 4.96. The van der Waals surface area contributed by atoms with Crippen molar-refractivity contribution >= 4 is 35.1 Å². The second-order valence-corrected chi connectivity index (χ2v) is 6.24. The molecule has 7 nitrogen and oxygen atoms in total. The Morgan fingerprint density at radius 3 is 2.04 bits per heavy atom. The number of hydrogen-bond acceptors (Lipinski definition) is 5. The predicted octanol–water partition coefficient (Wildman–Crippen LogP) is 2.80. The number of rotatable bonds is 7. The van der Waals surface area contributed by atoms with Crippen LogP contribution in [0.5, 0.6) is 0 Å². The van der Waals surface area contributed by atoms with Gasteiger partial charge in [0.05, 0.1) is 5.56 Å². The van der Waals surface area contributed by atoms with Crippen molar-refractivity contribution in [3.05, 3.63) is 64.7 Å². The largest absolute Gasteiger partial charge is 0.452 e. The van der Waals surface area contributed by atoms with Crippen LogP contribution in [0, 0.1) is 0 Å². The van der Waals surface area contributed by atoms with E-state index in [0.29, 0.717) is 16.1 Å². The normalized spacial score (nSPS) is 10.1. The number of hydrazine groups is 1. The van der Waals surface area contributed by atoms with Gasteiger partial charge in [-0.1, -0.05) is 11.6 Å². The van der Waals surface area contributed by atoms with Gasteiger partial charge >= 0.3 is 5.97 Å². The van der Waals surface area contributed by atoms with E-state index >= 15 is 0 Å². The Morgan fingerprint density at radius 1 is 0.893 bits per heavy atom. The van der Waals surface area contributed by atoms with Crippen LogP contribution in [0.15, 0.2) is 48.5 Å². The molecule has 2 aromatic carbocycles. The first-order valence-electron chi connectivity index (χ1n) is 8.81. The number of hydrogen-bond donors (Lipinski definition) is 2. The molecule has 2 aromatic rings. The Labute approximate surface area is 168 Å². The first kappa shape index (κ1) is 21.2. The van der Waals surface area contributed by atoms with Crippen molar-refractivity contribution in [2.75, 3.05) is 24.6 Å². The zero-order chi connectivity index (χ0) is 20.5. The number of amides is 2. The third-order valence-corrected chi connectivity index (χ3v) is 4.24. The number of nitrogens with zero attached hydrogens (tertiary/aromatic N) is 1. The Morgan fingerprint density at radius 2 is 1.46 bits per heavy atom. The van der Waals surface area contributed by atoms with Crippen LogP contribution >= 0.6 is 11.6 Å². The Hall–Kier alpha value is -3.06. The van der Waals surface area contributed by atoms with E-state index in [1.807, 2.05) is 12.1 Å². The molecule has 28 heavy (non-hydrogen) atoms. The van der Waals surface area contributed by atoms with Crippen molar-refractivity contribution in [3.8, 4) is 0 Å². The molecule has 0 unspecified atom stereocenters. The lowest BCUT2D eigenvalue weighted by Crippen LogP contribution is -2.43. The number of ether oxygens (including phenoxy) is 1. The van der Waals surface area contributed by atoms with Crippen LogP contribution in [0.2, 0.25) is 5.02 Å². The summed E-state index contributed by atoms with van der Waals surface area (Å²) in [6.07, 6.45) is 0. The fourth-order valence-corrected chi connectivity index (χ4v) is 2.57. The molecule has 0 saturated carbocycles. The maximum absolute atomic E-state index is 12.0. The van der Waals surface area contributed by atoms with Crippen molar-refractivity contribution in [3.63, 3.8) is 0 Å². The van der Waals surface area contributed by atoms with E-state index in [2.05, 4.69) is 29.6 Å². The Balaban J connectivity index is 1.79. The number of anilines is 1. The van der Waals surface area contributed by atoms with Gasteiger partial charge in [0.2, 0.25) is 0 Å². The summed E-state index contributed by atoms with van der Waals surface area (Å²) >= 11 is 5.75. The highest BCUT2D eigenvalue weighted by Crippen LogP contribution is 2.15. The van der Waals surface area contributed by atoms with Gasteiger partial charge in [-0.15, -0.1) is 0 Å². The minimum Gasteiger partial charge on any atom is -0.452 e. The standard InChI is InChI=1S/C20H22ClN3O4/c1-3-24(4-2)17-11-7-15(8-12-17)20(27)28-13-18(25)22-23-19(26)14-5-9-16(21)10-6-14/h5-12H,3-4,13H2,1-2H3,(H,22,25)(H,23,26). The topological polar surface area (TPSA) is 87.7 Å². The second kappa shape index (κ2) is 10.3. The van der Waals surface area contributed by atoms with Crippen molar-refractivity contribution in [2.45, 2.75) is 13.8 Å². The maximum Gasteiger partial charge on any atom is 0.338 e. The highest BCUT2D eigenvalue weighted by molar-refractivity contribution is 6.30. The van der Waals surface area contributed by atoms with Gasteiger partial charge in [0.1, 0.15) is 0 Å². The zero-order valence-corrected chi connectivity index (χ0v) is 16.5. The summed E-state index contributed by atoms with van der Waals surface area (Å²) in [6.45, 7) is 5.31. The van der Waals surface area contributed by atoms with E-state index in [0.717, 1.165) is 18.8 Å². The number of esters is 1. The highest BCUT2D eigenvalue weighted by atomic mass is 35.5. The molecule has 0 atom stereocenters. The van der Waals surface area contributed by atoms with Gasteiger partial charge < -0.3 is 9.64 Å². The fourth-order valence-electron chi connectivity index (χ4n) is 2.45. The second-order valence-electron chi connectivity index (χ2n) is 5.80. The maximum atomic E-state index is 12.0. The summed E-state index contributed by atoms with van der Waals surface area (Å²) in [6, 6.07) is 13.1. The first-order valence-corrected chi connectivity index (χ1v) is 9.19. The van der Waals surface area contributed by atoms with Gasteiger partial charge in [0.25, 0.3) is 11.8 Å². The van der Waals surface area contributed by atoms with Crippen LogP contribution in [-0.4, -0.2) is 37.5 Å². The van der Waals surface area contributed by atoms with Crippen LogP contribution in [0.25, 0.3) is 0 Å². The third-order valence-electron chi connectivity index (χ3n) is 3.99. The molecule has 0 aliphatic heterocycles. The van der Waals surface area contributed by atoms with Crippen LogP contribution in [0.3, 0.4) is 0 Å². The molecule has 0 fully saturated rings. The lowest BCUT2D eigenvalue weighted by molar-refractivity contribution is -0.125. The molecule has 2 N–H and O–H groups in total. The molecular weight excluding hydrogens is 382 g/mol. The lowest BCUT2D eigenvalue weighted by Gasteiger charge is -2.20. The molecule has 0 aliphatic rings. The molecular formula is C20H22ClN3O4. The van der Waals surface area contributed by atoms with E-state index in [9.17, 15) is 14.4 Å². The minimum atomic E-state index is -0.657. The van der Waals surface area contributed by atoms with Crippen molar-refractivity contribution < 1.29 is 19.1 Å². The van der Waals surface area contributed by atoms with E-state index in [1.54, 1.807) is 24.3 Å². The highest BCUT2D eigenvalue weighted by Gasteiger charge is 2.12. The van der Waals surface area contributed by atoms with Gasteiger partial charge in [-0.05, 0) is 62.4 Å². The number of halogens is 1. The van der Waals surface area contributed by atoms with Crippen molar-refractivity contribution in [2.24, 2.45) is 0 Å². The van der Waals surface area contributed by atoms with Crippen LogP contribution in [0.4, 0.5) is 5.69 Å². The molecule has 0 bridgehead atoms. The van der Waals surface area contributed by atoms with Crippen LogP contribution in [0.1, 0.15) is 34.6 Å². The van der Waals surface area contributed by atoms with Gasteiger partial charge in [0, 0.05) is 29.4 Å². The third kappa shape index (κ3) is 5.99. The van der Waals surface area contributed by atoms with Crippen molar-refractivity contribution in [1.29, 1.82) is 0 Å². The summed E-state index contributed by atoms with van der Waals surface area (Å²) in [5, 5.41) is 0.498. The quantitative estimate of drug-likeness (QED) is 0.548. The molecule has 2 amide bonds. The van der Waals surface area contributed by atoms with Gasteiger partial charge in [-0.3, -0.25) is 20.4 Å². The summed E-state index contributed by atoms with van der Waals surface area (Å²) in [5.74, 6) is -1.79. The van der Waals surface area contributed by atoms with E-state index in [-0.39, 0.29) is 0 Å². The smallest absolute Gasteiger partial charge is 0.338 e. The minimum absolute atomic E-state index is 0.329. The van der Waals surface area contributed by atoms with E-state index in [1.165, 1.54) is 12.1 Å². The molecule has 0 heterocycles. The van der Waals surface area contributed by atoms with Gasteiger partial charge in [-0.25, -0.2) is 4.79 Å². The number of nitrogens with one attached hydrogen (secondary N) is 2. The summed E-state index contributed by atoms with van der Waals surface area (Å²) in [4.78, 5) is 37.8. The monoisotopic (exact) mass is 403 g/mol. The number of carbonyl (C=O) groups excluding carboxylic acids is 3. The molecule has 2 rings (SSSR count). The summed E-state index contributed by atoms with van der Waals surface area (Å²) in [5.41, 5.74) is 6.10. The van der Waals surface area contributed by atoms with E-state index in [4.69, 9.17) is 16.3 Å². The lowest BCUT2D eigenvalue weighted by atomic mass is 10.2. The molecule has 0 spiro atoms. The molecule has 0 saturated heterocycles. The predicted molar refractivity (Wildman–Crippen MR) is 107 cm³/mol. The van der Waals surface area contributed by atoms with Gasteiger partial charge in [-0.2, -0.15) is 0 Å². The van der Waals surface area contributed by atoms with Crippen LogP contribution < -0.4 is 15.8 Å². The molecule has 0 aromatic heterocycles. The molecule has 148 valence electrons. The number of carbonyl (C=O) groups is 3. The Bertz CT molecular complexity index is 818. The molecule has 8 heteroatoms. The average Bonchev–Trinajstić information content (AvgIpc) is 2.72. The molecule has 0 radical (unpaired) electrons. The van der Waals surface area contributed by atoms with Crippen LogP contribution in [-0.2, 0) is 9.53 Å². The van der Waals surface area contributed by atoms with E-state index < -0.39 is 24.4 Å². The first-order chi connectivity index (χ1) is 13.4. The summed E-state index contributed by atoms with van der Waals surface area (Å²) in [7, 11) is 0. The molecule has 0 aliphatic carbocycles. The zero-order valence-electron chi connectivity index (χ0n) is 15.7. The number of benzene rings is 2. The Kier molecular flexibility index (Phi) is 7.83. The van der Waals surface area contributed by atoms with Gasteiger partial charge in [0.15, 0.2) is 6.61 Å². The fraction of sp³-hybridized carbons (Fsp3) is 0.250. The van der Waals surface area contributed by atoms with Crippen molar-refractivity contribution in [1.82, 2.24) is 10.9 Å². The SMILES string of the molecule is CCN(CC)c1ccc(C(=O)OCC(=O)NNC(=O)c2ccc(Cl)cc2)cc1.